The van der Waals surface area contributed by atoms with E-state index in [2.05, 4.69) is 0 Å². The Hall–Kier alpha value is -1.92. The highest BCUT2D eigenvalue weighted by Crippen LogP contribution is 2.21. The van der Waals surface area contributed by atoms with E-state index in [1.54, 1.807) is 0 Å². The maximum Gasteiger partial charge on any atom is 0.146 e. The van der Waals surface area contributed by atoms with Gasteiger partial charge in [0.25, 0.3) is 0 Å². The lowest BCUT2D eigenvalue weighted by Gasteiger charge is -2.36. The van der Waals surface area contributed by atoms with Crippen LogP contribution < -0.4 is 0 Å². The molecule has 2 aromatic rings. The van der Waals surface area contributed by atoms with Crippen LogP contribution in [-0.4, -0.2) is 86.9 Å². The van der Waals surface area contributed by atoms with E-state index in [1.807, 2.05) is 60.7 Å². The molecule has 0 saturated heterocycles. The fourth-order valence-corrected chi connectivity index (χ4v) is 3.30. The van der Waals surface area contributed by atoms with Gasteiger partial charge in [-0.2, -0.15) is 0 Å². The van der Waals surface area contributed by atoms with Crippen molar-refractivity contribution in [3.05, 3.63) is 71.8 Å². The molecule has 0 amide bonds. The molecule has 0 aromatic heterocycles. The number of aliphatic hydroxyl groups is 3. The Labute approximate surface area is 200 Å². The molecule has 9 nitrogen and oxygen atoms in total. The van der Waals surface area contributed by atoms with E-state index in [4.69, 9.17) is 28.4 Å². The van der Waals surface area contributed by atoms with Gasteiger partial charge in [-0.05, 0) is 11.1 Å². The molecular formula is C25H36O9. The molecule has 0 spiro atoms. The summed E-state index contributed by atoms with van der Waals surface area (Å²) in [4.78, 5) is 0. The fourth-order valence-electron chi connectivity index (χ4n) is 3.30. The van der Waals surface area contributed by atoms with Gasteiger partial charge in [0.05, 0.1) is 26.4 Å². The van der Waals surface area contributed by atoms with Gasteiger partial charge in [0, 0.05) is 14.2 Å². The van der Waals surface area contributed by atoms with Crippen LogP contribution in [0.4, 0.5) is 0 Å². The number of hydrogen-bond donors (Lipinski definition) is 3. The number of ether oxygens (including phenoxy) is 6. The average molecular weight is 481 g/mol. The normalized spacial score (nSPS) is 16.0. The molecule has 0 bridgehead atoms. The first kappa shape index (κ1) is 28.3. The molecule has 9 heteroatoms. The molecule has 0 heterocycles. The second-order valence-corrected chi connectivity index (χ2v) is 7.65. The molecule has 190 valence electrons. The molecule has 0 unspecified atom stereocenters. The van der Waals surface area contributed by atoms with E-state index in [9.17, 15) is 15.3 Å². The summed E-state index contributed by atoms with van der Waals surface area (Å²) in [6, 6.07) is 19.1. The Morgan fingerprint density at radius 1 is 0.706 bits per heavy atom. The van der Waals surface area contributed by atoms with Crippen LogP contribution in [0.15, 0.2) is 60.7 Å². The van der Waals surface area contributed by atoms with Crippen molar-refractivity contribution >= 4 is 0 Å². The first-order valence-corrected chi connectivity index (χ1v) is 11.1. The molecule has 2 aromatic carbocycles. The first-order chi connectivity index (χ1) is 16.6. The molecule has 34 heavy (non-hydrogen) atoms. The van der Waals surface area contributed by atoms with E-state index in [-0.39, 0.29) is 26.8 Å². The van der Waals surface area contributed by atoms with Crippen molar-refractivity contribution in [2.24, 2.45) is 0 Å². The Morgan fingerprint density at radius 3 is 1.82 bits per heavy atom. The van der Waals surface area contributed by atoms with E-state index in [1.165, 1.54) is 14.2 Å². The molecule has 5 atom stereocenters. The van der Waals surface area contributed by atoms with Gasteiger partial charge in [0.2, 0.25) is 0 Å². The van der Waals surface area contributed by atoms with E-state index in [0.29, 0.717) is 6.61 Å². The summed E-state index contributed by atoms with van der Waals surface area (Å²) in [7, 11) is 2.93. The quantitative estimate of drug-likeness (QED) is 0.273. The number of aliphatic hydroxyl groups excluding tert-OH is 3. The van der Waals surface area contributed by atoms with E-state index >= 15 is 0 Å². The average Bonchev–Trinajstić information content (AvgIpc) is 2.88. The summed E-state index contributed by atoms with van der Waals surface area (Å²) in [5.41, 5.74) is 1.88. The highest BCUT2D eigenvalue weighted by molar-refractivity contribution is 5.14. The van der Waals surface area contributed by atoms with Crippen LogP contribution >= 0.6 is 0 Å². The Morgan fingerprint density at radius 2 is 1.26 bits per heavy atom. The van der Waals surface area contributed by atoms with Crippen LogP contribution in [0.2, 0.25) is 0 Å². The third kappa shape index (κ3) is 9.75. The van der Waals surface area contributed by atoms with Gasteiger partial charge >= 0.3 is 0 Å². The number of hydrogen-bond acceptors (Lipinski definition) is 9. The summed E-state index contributed by atoms with van der Waals surface area (Å²) in [5, 5.41) is 30.3. The lowest BCUT2D eigenvalue weighted by molar-refractivity contribution is -0.230. The van der Waals surface area contributed by atoms with E-state index in [0.717, 1.165) is 11.1 Å². The van der Waals surface area contributed by atoms with Crippen molar-refractivity contribution in [3.8, 4) is 0 Å². The maximum absolute atomic E-state index is 10.8. The van der Waals surface area contributed by atoms with Gasteiger partial charge in [0.1, 0.15) is 44.1 Å². The zero-order chi connectivity index (χ0) is 24.6. The van der Waals surface area contributed by atoms with Crippen LogP contribution in [0.1, 0.15) is 11.1 Å². The van der Waals surface area contributed by atoms with Gasteiger partial charge in [-0.15, -0.1) is 0 Å². The first-order valence-electron chi connectivity index (χ1n) is 11.1. The van der Waals surface area contributed by atoms with Crippen LogP contribution in [0.5, 0.6) is 0 Å². The molecule has 0 radical (unpaired) electrons. The monoisotopic (exact) mass is 480 g/mol. The van der Waals surface area contributed by atoms with Gasteiger partial charge in [-0.25, -0.2) is 0 Å². The standard InChI is InChI=1S/C25H36O9/c1-29-17-33-22(16-31-14-19-9-5-3-6-10-19)24(32-15-20-11-7-4-8-12-20)25(34-18-30-2)23(28)21(27)13-26/h3-12,21-28H,13-18H2,1-2H3/t21-,22+,23+,24+,25+/m0/s1. The van der Waals surface area contributed by atoms with Gasteiger partial charge < -0.3 is 43.7 Å². The maximum atomic E-state index is 10.8. The third-order valence-corrected chi connectivity index (χ3v) is 5.07. The zero-order valence-corrected chi connectivity index (χ0v) is 19.7. The van der Waals surface area contributed by atoms with Gasteiger partial charge in [-0.1, -0.05) is 60.7 Å². The molecule has 0 aliphatic heterocycles. The van der Waals surface area contributed by atoms with Crippen molar-refractivity contribution in [2.45, 2.75) is 43.7 Å². The number of rotatable bonds is 18. The summed E-state index contributed by atoms with van der Waals surface area (Å²) < 4.78 is 33.7. The third-order valence-electron chi connectivity index (χ3n) is 5.07. The summed E-state index contributed by atoms with van der Waals surface area (Å²) >= 11 is 0. The minimum atomic E-state index is -1.48. The van der Waals surface area contributed by atoms with Crippen LogP contribution in [-0.2, 0) is 41.6 Å². The molecule has 3 N–H and O–H groups in total. The summed E-state index contributed by atoms with van der Waals surface area (Å²) in [6.45, 7) is -0.274. The van der Waals surface area contributed by atoms with Crippen molar-refractivity contribution in [1.82, 2.24) is 0 Å². The molecule has 0 aliphatic carbocycles. The topological polar surface area (TPSA) is 116 Å². The predicted octanol–water partition coefficient (Wildman–Crippen LogP) is 1.48. The second kappa shape index (κ2) is 16.7. The Bertz CT molecular complexity index is 747. The molecule has 0 aliphatic rings. The number of methoxy groups -OCH3 is 2. The van der Waals surface area contributed by atoms with Gasteiger partial charge in [-0.3, -0.25) is 0 Å². The second-order valence-electron chi connectivity index (χ2n) is 7.65. The highest BCUT2D eigenvalue weighted by atomic mass is 16.7. The number of benzene rings is 2. The predicted molar refractivity (Wildman–Crippen MR) is 124 cm³/mol. The lowest BCUT2D eigenvalue weighted by atomic mass is 9.98. The van der Waals surface area contributed by atoms with Crippen LogP contribution in [0.25, 0.3) is 0 Å². The SMILES string of the molecule is COCO[C@H]([C@H](O)[C@@H](O)CO)[C@H](OCc1ccccc1)[C@@H](COCc1ccccc1)OCOC. The Balaban J connectivity index is 2.24. The van der Waals surface area contributed by atoms with Crippen molar-refractivity contribution in [2.75, 3.05) is 41.0 Å². The van der Waals surface area contributed by atoms with Crippen molar-refractivity contribution < 1.29 is 43.7 Å². The van der Waals surface area contributed by atoms with E-state index < -0.39 is 37.1 Å². The van der Waals surface area contributed by atoms with Crippen LogP contribution in [0.3, 0.4) is 0 Å². The fraction of sp³-hybridized carbons (Fsp3) is 0.520. The molecule has 0 fully saturated rings. The summed E-state index contributed by atoms with van der Waals surface area (Å²) in [5.74, 6) is 0. The smallest absolute Gasteiger partial charge is 0.146 e. The Kier molecular flexibility index (Phi) is 13.9. The summed E-state index contributed by atoms with van der Waals surface area (Å²) in [6.07, 6.45) is -5.69. The minimum absolute atomic E-state index is 0.0553. The zero-order valence-electron chi connectivity index (χ0n) is 19.7. The molecule has 0 saturated carbocycles. The molecule has 2 rings (SSSR count). The van der Waals surface area contributed by atoms with Crippen LogP contribution in [0, 0.1) is 0 Å². The van der Waals surface area contributed by atoms with Crippen molar-refractivity contribution in [3.63, 3.8) is 0 Å². The minimum Gasteiger partial charge on any atom is -0.394 e. The van der Waals surface area contributed by atoms with Gasteiger partial charge in [0.15, 0.2) is 0 Å². The molecular weight excluding hydrogens is 444 g/mol. The lowest BCUT2D eigenvalue weighted by Crippen LogP contribution is -2.54. The highest BCUT2D eigenvalue weighted by Gasteiger charge is 2.40. The largest absolute Gasteiger partial charge is 0.394 e. The van der Waals surface area contributed by atoms with Crippen molar-refractivity contribution in [1.29, 1.82) is 0 Å².